The smallest absolute Gasteiger partial charge is 0 e. The molecule has 28 valence electrons. The minimum absolute atomic E-state index is 0. The van der Waals surface area contributed by atoms with Gasteiger partial charge in [-0.1, -0.05) is 0 Å². The van der Waals surface area contributed by atoms with Crippen molar-refractivity contribution in [3.8, 4) is 0 Å². The molecule has 0 aromatic carbocycles. The van der Waals surface area contributed by atoms with Gasteiger partial charge in [-0.05, 0) is 0 Å². The van der Waals surface area contributed by atoms with Crippen LogP contribution in [0.2, 0.25) is 0 Å². The summed E-state index contributed by atoms with van der Waals surface area (Å²) in [6.07, 6.45) is 0. The van der Waals surface area contributed by atoms with Gasteiger partial charge in [0.2, 0.25) is 0 Å². The van der Waals surface area contributed by atoms with Gasteiger partial charge in [0, 0.05) is 51.6 Å². The van der Waals surface area contributed by atoms with Crippen LogP contribution in [0.1, 0.15) is 0 Å². The molecule has 2 nitrogen and oxygen atoms in total. The number of rotatable bonds is 0. The maximum atomic E-state index is 0. The van der Waals surface area contributed by atoms with Gasteiger partial charge in [0.05, 0.1) is 0 Å². The number of hydrogen-bond donors (Lipinski definition) is 0. The molecule has 0 saturated heterocycles. The monoisotopic (exact) mass is 192 g/mol. The van der Waals surface area contributed by atoms with E-state index in [1.54, 1.807) is 0 Å². The molecule has 0 rings (SSSR count). The van der Waals surface area contributed by atoms with E-state index in [1.807, 2.05) is 0 Å². The van der Waals surface area contributed by atoms with Gasteiger partial charge in [-0.15, -0.1) is 0 Å². The summed E-state index contributed by atoms with van der Waals surface area (Å²) < 4.78 is 0. The Morgan fingerprint density at radius 2 is 0.600 bits per heavy atom. The molecule has 0 saturated carbocycles. The van der Waals surface area contributed by atoms with Crippen LogP contribution < -0.4 is 12.3 Å². The van der Waals surface area contributed by atoms with Gasteiger partial charge >= 0.3 is 0 Å². The van der Waals surface area contributed by atoms with E-state index in [-0.39, 0.29) is 51.6 Å². The molecule has 5 heavy (non-hydrogen) atoms. The second kappa shape index (κ2) is 53.2. The first-order valence-corrected chi connectivity index (χ1v) is 0. The molecule has 0 atom stereocenters. The summed E-state index contributed by atoms with van der Waals surface area (Å²) >= 11 is 0. The van der Waals surface area contributed by atoms with Crippen LogP contribution in [-0.4, -0.2) is 0 Å². The maximum Gasteiger partial charge on any atom is 0 e. The van der Waals surface area contributed by atoms with Crippen molar-refractivity contribution in [1.29, 1.82) is 0 Å². The zero-order valence-electron chi connectivity index (χ0n) is 2.14. The normalized spacial score (nSPS) is 0. The van der Waals surface area contributed by atoms with Gasteiger partial charge in [-0.3, -0.25) is 0 Å². The Balaban J connectivity index is 0. The first-order valence-electron chi connectivity index (χ1n) is 0. The molecule has 0 heterocycles. The average molecular weight is 191 g/mol. The zero-order chi connectivity index (χ0) is 0. The second-order valence-electron chi connectivity index (χ2n) is 0. The molecule has 0 aliphatic carbocycles. The molecule has 0 spiro atoms. The molecular weight excluding hydrogens is 191 g/mol. The van der Waals surface area contributed by atoms with Crippen LogP contribution in [0, 0.1) is 0 Å². The zero-order valence-corrected chi connectivity index (χ0v) is 5.67. The van der Waals surface area contributed by atoms with E-state index in [2.05, 4.69) is 0 Å². The molecule has 0 unspecified atom stereocenters. The van der Waals surface area contributed by atoms with Gasteiger partial charge in [0.1, 0.15) is 0 Å². The summed E-state index contributed by atoms with van der Waals surface area (Å²) in [5.41, 5.74) is 0. The van der Waals surface area contributed by atoms with Gasteiger partial charge in [0.25, 0.3) is 0 Å². The topological polar surface area (TPSA) is 61.0 Å². The number of hydrogen-bond acceptors (Lipinski definition) is 0. The first-order chi connectivity index (χ1) is 0. The van der Waals surface area contributed by atoms with Crippen LogP contribution in [-0.2, 0) is 19.5 Å². The molecule has 5 heteroatoms. The van der Waals surface area contributed by atoms with Gasteiger partial charge in [0.15, 0.2) is 0 Å². The molecular formula is N2P2Ru. The van der Waals surface area contributed by atoms with Crippen molar-refractivity contribution in [2.75, 3.05) is 0 Å². The van der Waals surface area contributed by atoms with E-state index in [0.29, 0.717) is 0 Å². The summed E-state index contributed by atoms with van der Waals surface area (Å²) in [6, 6.07) is 0. The second-order valence-corrected chi connectivity index (χ2v) is 0. The van der Waals surface area contributed by atoms with Crippen molar-refractivity contribution in [2.45, 2.75) is 0 Å². The Hall–Kier alpha value is 1.40. The summed E-state index contributed by atoms with van der Waals surface area (Å²) in [5.74, 6) is 0. The van der Waals surface area contributed by atoms with E-state index < -0.39 is 0 Å². The van der Waals surface area contributed by atoms with Gasteiger partial charge < -0.3 is 0 Å². The Morgan fingerprint density at radius 3 is 0.600 bits per heavy atom. The average Bonchev–Trinajstić information content (AvgIpc) is 0. The van der Waals surface area contributed by atoms with E-state index in [4.69, 9.17) is 0 Å². The summed E-state index contributed by atoms with van der Waals surface area (Å²) in [4.78, 5) is 0. The third-order valence-electron chi connectivity index (χ3n) is 0. The van der Waals surface area contributed by atoms with Gasteiger partial charge in [-0.25, -0.2) is 0 Å². The predicted molar refractivity (Wildman–Crippen MR) is 18.1 cm³/mol. The van der Waals surface area contributed by atoms with Crippen molar-refractivity contribution in [1.82, 2.24) is 12.3 Å². The quantitative estimate of drug-likeness (QED) is 0.400. The molecule has 0 amide bonds. The fourth-order valence-electron chi connectivity index (χ4n) is 0. The Kier molecular flexibility index (Phi) is 1010. The third kappa shape index (κ3) is 31.8. The summed E-state index contributed by atoms with van der Waals surface area (Å²) in [5, 5.41) is 0. The van der Waals surface area contributed by atoms with Gasteiger partial charge in [-0.2, -0.15) is 0 Å². The van der Waals surface area contributed by atoms with Crippen LogP contribution in [0.15, 0.2) is 0 Å². The van der Waals surface area contributed by atoms with Crippen molar-refractivity contribution in [2.24, 2.45) is 0 Å². The van der Waals surface area contributed by atoms with E-state index in [1.165, 1.54) is 0 Å². The van der Waals surface area contributed by atoms with Crippen molar-refractivity contribution in [3.63, 3.8) is 0 Å². The molecule has 0 aliphatic heterocycles. The molecule has 0 aliphatic rings. The fraction of sp³-hybridized carbons (Fsp3) is 0. The molecule has 0 bridgehead atoms. The summed E-state index contributed by atoms with van der Waals surface area (Å²) in [7, 11) is 0. The van der Waals surface area contributed by atoms with Crippen molar-refractivity contribution >= 4 is 19.8 Å². The minimum Gasteiger partial charge on any atom is 0 e. The van der Waals surface area contributed by atoms with Crippen LogP contribution in [0.3, 0.4) is 0 Å². The predicted octanol–water partition coefficient (Wildman–Crippen LogP) is 0.759. The Bertz CT molecular complexity index is 7.61. The summed E-state index contributed by atoms with van der Waals surface area (Å²) in [6.45, 7) is 0. The molecule has 12 radical (unpaired) electrons. The van der Waals surface area contributed by atoms with Crippen LogP contribution in [0.5, 0.6) is 0 Å². The van der Waals surface area contributed by atoms with Crippen molar-refractivity contribution < 1.29 is 19.5 Å². The van der Waals surface area contributed by atoms with E-state index in [0.717, 1.165) is 0 Å². The van der Waals surface area contributed by atoms with Crippen LogP contribution in [0.25, 0.3) is 0 Å². The largest absolute Gasteiger partial charge is 0 e. The maximum absolute atomic E-state index is 0. The standard InChI is InChI=1S/2N.2P.Ru. The first kappa shape index (κ1) is 94.9. The third-order valence-corrected chi connectivity index (χ3v) is 0. The van der Waals surface area contributed by atoms with E-state index in [9.17, 15) is 0 Å². The van der Waals surface area contributed by atoms with Crippen molar-refractivity contribution in [3.05, 3.63) is 0 Å². The molecule has 0 N–H and O–H groups in total. The molecule has 0 aromatic rings. The minimum atomic E-state index is 0. The molecule has 0 fully saturated rings. The van der Waals surface area contributed by atoms with Crippen LogP contribution in [0.4, 0.5) is 0 Å². The number of nitrogens with zero attached hydrogens (tertiary/aromatic N) is 2. The SMILES string of the molecule is [N].[N].[P].[P].[Ru]. The van der Waals surface area contributed by atoms with Crippen LogP contribution >= 0.6 is 19.8 Å². The molecule has 0 aromatic heterocycles. The Labute approximate surface area is 52.0 Å². The van der Waals surface area contributed by atoms with E-state index >= 15 is 0 Å². The Morgan fingerprint density at radius 1 is 0.600 bits per heavy atom. The fourth-order valence-corrected chi connectivity index (χ4v) is 0.